The van der Waals surface area contributed by atoms with Crippen molar-refractivity contribution in [3.05, 3.63) is 108 Å². The van der Waals surface area contributed by atoms with Gasteiger partial charge in [0.15, 0.2) is 6.04 Å². The summed E-state index contributed by atoms with van der Waals surface area (Å²) in [5.74, 6) is -0.653. The molecule has 0 spiro atoms. The minimum Gasteiger partial charge on any atom is -0.459 e. The van der Waals surface area contributed by atoms with E-state index in [-0.39, 0.29) is 26.3 Å². The van der Waals surface area contributed by atoms with Gasteiger partial charge in [0, 0.05) is 6.54 Å². The Hall–Kier alpha value is -4.13. The topological polar surface area (TPSA) is 76.2 Å². The van der Waals surface area contributed by atoms with Crippen LogP contribution in [0.3, 0.4) is 0 Å². The van der Waals surface area contributed by atoms with E-state index in [0.717, 1.165) is 21.6 Å². The van der Waals surface area contributed by atoms with E-state index in [4.69, 9.17) is 9.47 Å². The van der Waals surface area contributed by atoms with E-state index < -0.39 is 24.1 Å². The van der Waals surface area contributed by atoms with Crippen LogP contribution in [-0.4, -0.2) is 40.5 Å². The molecule has 1 fully saturated rings. The molecule has 1 saturated heterocycles. The Morgan fingerprint density at radius 2 is 1.21 bits per heavy atom. The first-order chi connectivity index (χ1) is 16.1. The molecule has 3 aromatic carbocycles. The third-order valence-corrected chi connectivity index (χ3v) is 5.30. The summed E-state index contributed by atoms with van der Waals surface area (Å²) >= 11 is 0. The normalized spacial score (nSPS) is 15.4. The lowest BCUT2D eigenvalue weighted by molar-refractivity contribution is -0.149. The molecule has 0 N–H and O–H groups in total. The first kappa shape index (κ1) is 22.1. The monoisotopic (exact) mass is 444 g/mol. The lowest BCUT2D eigenvalue weighted by atomic mass is 10.2. The summed E-state index contributed by atoms with van der Waals surface area (Å²) in [6, 6.07) is 26.1. The number of urea groups is 1. The Bertz CT molecular complexity index is 1090. The van der Waals surface area contributed by atoms with E-state index in [1.54, 1.807) is 0 Å². The maximum atomic E-state index is 13.1. The second-order valence-electron chi connectivity index (χ2n) is 7.67. The number of hydrogen-bond acceptors (Lipinski definition) is 5. The molecule has 1 aliphatic rings. The molecule has 7 heteroatoms. The Morgan fingerprint density at radius 3 is 1.76 bits per heavy atom. The first-order valence-corrected chi connectivity index (χ1v) is 10.6. The van der Waals surface area contributed by atoms with Gasteiger partial charge in [-0.25, -0.2) is 19.3 Å². The third-order valence-electron chi connectivity index (χ3n) is 5.30. The number of ether oxygens (including phenoxy) is 2. The van der Waals surface area contributed by atoms with Crippen LogP contribution in [-0.2, 0) is 34.0 Å². The van der Waals surface area contributed by atoms with Crippen molar-refractivity contribution in [2.24, 2.45) is 0 Å². The molecular formula is C26H24N2O5. The molecule has 7 nitrogen and oxygen atoms in total. The second-order valence-corrected chi connectivity index (χ2v) is 7.67. The van der Waals surface area contributed by atoms with E-state index in [1.807, 2.05) is 91.0 Å². The van der Waals surface area contributed by atoms with Crippen molar-refractivity contribution in [3.8, 4) is 0 Å². The number of carbonyl (C=O) groups is 3. The van der Waals surface area contributed by atoms with Crippen LogP contribution >= 0.6 is 0 Å². The summed E-state index contributed by atoms with van der Waals surface area (Å²) in [4.78, 5) is 41.2. The fourth-order valence-corrected chi connectivity index (χ4v) is 3.59. The molecule has 1 heterocycles. The predicted octanol–water partition coefficient (Wildman–Crippen LogP) is 4.37. The van der Waals surface area contributed by atoms with Crippen LogP contribution in [0.15, 0.2) is 91.0 Å². The molecule has 1 aliphatic heterocycles. The average molecular weight is 444 g/mol. The molecular weight excluding hydrogens is 420 g/mol. The molecule has 0 unspecified atom stereocenters. The van der Waals surface area contributed by atoms with E-state index >= 15 is 0 Å². The van der Waals surface area contributed by atoms with E-state index in [1.165, 1.54) is 4.90 Å². The Kier molecular flexibility index (Phi) is 6.99. The Morgan fingerprint density at radius 1 is 0.727 bits per heavy atom. The van der Waals surface area contributed by atoms with E-state index in [0.29, 0.717) is 0 Å². The van der Waals surface area contributed by atoms with Crippen molar-refractivity contribution in [1.82, 2.24) is 9.80 Å². The van der Waals surface area contributed by atoms with Crippen molar-refractivity contribution in [2.75, 3.05) is 6.54 Å². The van der Waals surface area contributed by atoms with Gasteiger partial charge in [0.1, 0.15) is 13.2 Å². The van der Waals surface area contributed by atoms with Gasteiger partial charge in [-0.15, -0.1) is 0 Å². The van der Waals surface area contributed by atoms with Gasteiger partial charge in [-0.1, -0.05) is 91.0 Å². The third kappa shape index (κ3) is 5.57. The highest BCUT2D eigenvalue weighted by Crippen LogP contribution is 2.22. The molecule has 3 aromatic rings. The van der Waals surface area contributed by atoms with Gasteiger partial charge in [0.2, 0.25) is 0 Å². The highest BCUT2D eigenvalue weighted by atomic mass is 16.6. The lowest BCUT2D eigenvalue weighted by Crippen LogP contribution is -2.44. The maximum Gasteiger partial charge on any atom is 0.419 e. The largest absolute Gasteiger partial charge is 0.459 e. The van der Waals surface area contributed by atoms with Crippen LogP contribution in [0.4, 0.5) is 9.59 Å². The molecule has 4 rings (SSSR count). The summed E-state index contributed by atoms with van der Waals surface area (Å²) in [6.45, 7) is 0.344. The van der Waals surface area contributed by atoms with Gasteiger partial charge in [-0.3, -0.25) is 0 Å². The fourth-order valence-electron chi connectivity index (χ4n) is 3.59. The van der Waals surface area contributed by atoms with Crippen molar-refractivity contribution in [2.45, 2.75) is 25.8 Å². The number of carbonyl (C=O) groups excluding carboxylic acids is 3. The highest BCUT2D eigenvalue weighted by Gasteiger charge is 2.47. The maximum absolute atomic E-state index is 13.1. The molecule has 33 heavy (non-hydrogen) atoms. The summed E-state index contributed by atoms with van der Waals surface area (Å²) in [5, 5.41) is 0. The van der Waals surface area contributed by atoms with Crippen LogP contribution in [0.25, 0.3) is 0 Å². The van der Waals surface area contributed by atoms with E-state index in [2.05, 4.69) is 0 Å². The predicted molar refractivity (Wildman–Crippen MR) is 121 cm³/mol. The number of hydrogen-bond donors (Lipinski definition) is 0. The molecule has 168 valence electrons. The molecule has 0 radical (unpaired) electrons. The number of benzene rings is 3. The van der Waals surface area contributed by atoms with Crippen LogP contribution in [0, 0.1) is 0 Å². The Labute approximate surface area is 192 Å². The number of rotatable bonds is 7. The molecule has 3 amide bonds. The van der Waals surface area contributed by atoms with Gasteiger partial charge in [-0.05, 0) is 16.7 Å². The van der Waals surface area contributed by atoms with Crippen LogP contribution in [0.2, 0.25) is 0 Å². The van der Waals surface area contributed by atoms with Gasteiger partial charge < -0.3 is 14.4 Å². The zero-order chi connectivity index (χ0) is 23.0. The second kappa shape index (κ2) is 10.5. The lowest BCUT2D eigenvalue weighted by Gasteiger charge is -2.20. The van der Waals surface area contributed by atoms with E-state index in [9.17, 15) is 14.4 Å². The number of imide groups is 1. The van der Waals surface area contributed by atoms with Gasteiger partial charge in [0.25, 0.3) is 0 Å². The molecule has 0 aromatic heterocycles. The molecule has 0 aliphatic carbocycles. The summed E-state index contributed by atoms with van der Waals surface area (Å²) in [7, 11) is 0. The first-order valence-electron chi connectivity index (χ1n) is 10.6. The van der Waals surface area contributed by atoms with Crippen molar-refractivity contribution >= 4 is 18.1 Å². The van der Waals surface area contributed by atoms with Crippen LogP contribution in [0.5, 0.6) is 0 Å². The SMILES string of the molecule is O=C(OCc1ccccc1)[C@@H]1CN(Cc2ccccc2)C(=O)N1C(=O)OCc1ccccc1. The van der Waals surface area contributed by atoms with Gasteiger partial charge in [0.05, 0.1) is 6.54 Å². The summed E-state index contributed by atoms with van der Waals surface area (Å²) < 4.78 is 10.8. The number of nitrogens with zero attached hydrogens (tertiary/aromatic N) is 2. The quantitative estimate of drug-likeness (QED) is 0.506. The van der Waals surface area contributed by atoms with Gasteiger partial charge >= 0.3 is 18.1 Å². The van der Waals surface area contributed by atoms with Crippen molar-refractivity contribution in [3.63, 3.8) is 0 Å². The summed E-state index contributed by atoms with van der Waals surface area (Å²) in [5.41, 5.74) is 2.48. The Balaban J connectivity index is 1.48. The van der Waals surface area contributed by atoms with Crippen LogP contribution < -0.4 is 0 Å². The molecule has 0 bridgehead atoms. The fraction of sp³-hybridized carbons (Fsp3) is 0.192. The standard InChI is InChI=1S/C26H24N2O5/c29-24(32-18-21-12-6-2-7-13-21)23-17-27(16-20-10-4-1-5-11-20)25(30)28(23)26(31)33-19-22-14-8-3-9-15-22/h1-15,23H,16-19H2/t23-/m0/s1. The number of amides is 3. The van der Waals surface area contributed by atoms with Crippen LogP contribution in [0.1, 0.15) is 16.7 Å². The van der Waals surface area contributed by atoms with Gasteiger partial charge in [-0.2, -0.15) is 0 Å². The summed E-state index contributed by atoms with van der Waals surface area (Å²) in [6.07, 6.45) is -0.874. The molecule has 1 atom stereocenters. The van der Waals surface area contributed by atoms with Crippen molar-refractivity contribution < 1.29 is 23.9 Å². The smallest absolute Gasteiger partial charge is 0.419 e. The zero-order valence-electron chi connectivity index (χ0n) is 18.0. The number of esters is 1. The minimum atomic E-state index is -1.09. The minimum absolute atomic E-state index is 0.00603. The molecule has 0 saturated carbocycles. The average Bonchev–Trinajstić information content (AvgIpc) is 3.19. The zero-order valence-corrected chi connectivity index (χ0v) is 18.0. The highest BCUT2D eigenvalue weighted by molar-refractivity contribution is 5.98. The van der Waals surface area contributed by atoms with Crippen molar-refractivity contribution in [1.29, 1.82) is 0 Å².